The van der Waals surface area contributed by atoms with Crippen molar-refractivity contribution < 1.29 is 19.2 Å². The van der Waals surface area contributed by atoms with Crippen LogP contribution in [0.15, 0.2) is 68.5 Å². The summed E-state index contributed by atoms with van der Waals surface area (Å²) in [7, 11) is 0. The quantitative estimate of drug-likeness (QED) is 0.634. The highest BCUT2D eigenvalue weighted by molar-refractivity contribution is 5.56. The Morgan fingerprint density at radius 2 is 0.583 bits per heavy atom. The molecule has 0 heterocycles. The zero-order chi connectivity index (χ0) is 17.6. The van der Waals surface area contributed by atoms with E-state index in [1.807, 2.05) is 0 Å². The molecule has 0 amide bonds. The van der Waals surface area contributed by atoms with Crippen molar-refractivity contribution in [1.29, 1.82) is 0 Å². The van der Waals surface area contributed by atoms with Crippen LogP contribution in [-0.2, 0) is 19.2 Å². The second-order valence-electron chi connectivity index (χ2n) is 3.85. The van der Waals surface area contributed by atoms with Crippen LogP contribution in [0.1, 0.15) is 0 Å². The van der Waals surface area contributed by atoms with Crippen molar-refractivity contribution in [1.82, 2.24) is 0 Å². The molecule has 0 fully saturated rings. The van der Waals surface area contributed by atoms with Gasteiger partial charge < -0.3 is 0 Å². The van der Waals surface area contributed by atoms with Crippen LogP contribution in [0.3, 0.4) is 0 Å². The van der Waals surface area contributed by atoms with Crippen LogP contribution in [0, 0.1) is 0 Å². The van der Waals surface area contributed by atoms with Crippen molar-refractivity contribution in [2.24, 2.45) is 20.0 Å². The van der Waals surface area contributed by atoms with E-state index in [4.69, 9.17) is 0 Å². The molecule has 0 unspecified atom stereocenters. The minimum Gasteiger partial charge on any atom is -0.211 e. The molecule has 0 radical (unpaired) electrons. The van der Waals surface area contributed by atoms with Crippen LogP contribution in [0.2, 0.25) is 0 Å². The van der Waals surface area contributed by atoms with Crippen LogP contribution in [0.25, 0.3) is 0 Å². The fraction of sp³-hybridized carbons (Fsp3) is 0. The van der Waals surface area contributed by atoms with Crippen LogP contribution in [-0.4, -0.2) is 24.3 Å². The van der Waals surface area contributed by atoms with Crippen LogP contribution < -0.4 is 0 Å². The summed E-state index contributed by atoms with van der Waals surface area (Å²) < 4.78 is 0. The Hall–Kier alpha value is -4.04. The predicted octanol–water partition coefficient (Wildman–Crippen LogP) is 3.24. The van der Waals surface area contributed by atoms with E-state index in [0.717, 1.165) is 0 Å². The zero-order valence-corrected chi connectivity index (χ0v) is 12.0. The van der Waals surface area contributed by atoms with E-state index in [9.17, 15) is 19.2 Å². The molecular weight excluding hydrogens is 312 g/mol. The molecule has 0 N–H and O–H groups in total. The molecule has 0 spiro atoms. The lowest BCUT2D eigenvalue weighted by atomic mass is 10.3. The van der Waals surface area contributed by atoms with Gasteiger partial charge in [0.15, 0.2) is 0 Å². The van der Waals surface area contributed by atoms with Crippen molar-refractivity contribution in [3.8, 4) is 0 Å². The lowest BCUT2D eigenvalue weighted by molar-refractivity contribution is 0.564. The van der Waals surface area contributed by atoms with Gasteiger partial charge in [0.1, 0.15) is 0 Å². The summed E-state index contributed by atoms with van der Waals surface area (Å²) in [6, 6.07) is 12.5. The third-order valence-corrected chi connectivity index (χ3v) is 2.40. The molecule has 24 heavy (non-hydrogen) atoms. The minimum atomic E-state index is 0.481. The molecule has 0 aliphatic rings. The van der Waals surface area contributed by atoms with Crippen molar-refractivity contribution in [3.05, 3.63) is 48.5 Å². The van der Waals surface area contributed by atoms with Crippen molar-refractivity contribution >= 4 is 47.1 Å². The van der Waals surface area contributed by atoms with Gasteiger partial charge in [-0.05, 0) is 48.5 Å². The Bertz CT molecular complexity index is 716. The van der Waals surface area contributed by atoms with Gasteiger partial charge in [-0.3, -0.25) is 0 Å². The molecule has 0 aliphatic heterocycles. The largest absolute Gasteiger partial charge is 0.240 e. The van der Waals surface area contributed by atoms with Gasteiger partial charge in [0, 0.05) is 0 Å². The average molecular weight is 320 g/mol. The molecule has 0 bridgehead atoms. The Morgan fingerprint density at radius 1 is 0.417 bits per heavy atom. The fourth-order valence-electron chi connectivity index (χ4n) is 1.41. The van der Waals surface area contributed by atoms with Gasteiger partial charge in [-0.1, -0.05) is 0 Å². The van der Waals surface area contributed by atoms with E-state index < -0.39 is 0 Å². The minimum absolute atomic E-state index is 0.481. The fourth-order valence-corrected chi connectivity index (χ4v) is 1.41. The lowest BCUT2D eigenvalue weighted by Gasteiger charge is -1.89. The second kappa shape index (κ2) is 10.7. The molecule has 0 saturated carbocycles. The topological polar surface area (TPSA) is 118 Å². The van der Waals surface area contributed by atoms with E-state index in [1.54, 1.807) is 48.5 Å². The first-order chi connectivity index (χ1) is 11.7. The van der Waals surface area contributed by atoms with Gasteiger partial charge in [0.25, 0.3) is 0 Å². The molecule has 8 nitrogen and oxygen atoms in total. The van der Waals surface area contributed by atoms with Gasteiger partial charge in [0.05, 0.1) is 22.7 Å². The van der Waals surface area contributed by atoms with E-state index in [2.05, 4.69) is 20.0 Å². The van der Waals surface area contributed by atoms with Crippen LogP contribution >= 0.6 is 0 Å². The summed E-state index contributed by atoms with van der Waals surface area (Å²) in [6.45, 7) is 0. The van der Waals surface area contributed by atoms with E-state index in [-0.39, 0.29) is 0 Å². The average Bonchev–Trinajstić information content (AvgIpc) is 2.60. The number of isocyanates is 4. The highest BCUT2D eigenvalue weighted by Crippen LogP contribution is 2.17. The number of hydrogen-bond donors (Lipinski definition) is 0. The summed E-state index contributed by atoms with van der Waals surface area (Å²) >= 11 is 0. The summed E-state index contributed by atoms with van der Waals surface area (Å²) in [5.74, 6) is 0. The monoisotopic (exact) mass is 320 g/mol. The van der Waals surface area contributed by atoms with E-state index in [0.29, 0.717) is 22.7 Å². The van der Waals surface area contributed by atoms with Gasteiger partial charge in [-0.2, -0.15) is 20.0 Å². The molecule has 0 saturated heterocycles. The normalized spacial score (nSPS) is 8.00. The maximum atomic E-state index is 9.81. The molecule has 0 aliphatic carbocycles. The highest BCUT2D eigenvalue weighted by Gasteiger charge is 1.90. The number of hydrogen-bond acceptors (Lipinski definition) is 8. The standard InChI is InChI=1S/2C8H4N2O2/c2*11-5-9-7-1-2-8(4-3-7)10-6-12/h2*1-4H. The summed E-state index contributed by atoms with van der Waals surface area (Å²) in [6.07, 6.45) is 5.61. The number of carbonyl (C=O) groups excluding carboxylic acids is 4. The van der Waals surface area contributed by atoms with E-state index >= 15 is 0 Å². The molecule has 0 aromatic heterocycles. The molecule has 2 aromatic carbocycles. The molecule has 0 atom stereocenters. The zero-order valence-electron chi connectivity index (χ0n) is 12.0. The Kier molecular flexibility index (Phi) is 7.99. The first kappa shape index (κ1) is 18.0. The number of nitrogens with zero attached hydrogens (tertiary/aromatic N) is 4. The third kappa shape index (κ3) is 6.61. The summed E-state index contributed by atoms with van der Waals surface area (Å²) in [4.78, 5) is 52.7. The van der Waals surface area contributed by atoms with Gasteiger partial charge in [-0.15, -0.1) is 0 Å². The Morgan fingerprint density at radius 3 is 0.708 bits per heavy atom. The molecule has 8 heteroatoms. The van der Waals surface area contributed by atoms with Crippen LogP contribution in [0.4, 0.5) is 22.7 Å². The first-order valence-corrected chi connectivity index (χ1v) is 6.25. The lowest BCUT2D eigenvalue weighted by Crippen LogP contribution is -1.64. The maximum absolute atomic E-state index is 9.81. The van der Waals surface area contributed by atoms with E-state index in [1.165, 1.54) is 24.3 Å². The molecule has 116 valence electrons. The van der Waals surface area contributed by atoms with Crippen LogP contribution in [0.5, 0.6) is 0 Å². The smallest absolute Gasteiger partial charge is 0.211 e. The summed E-state index contributed by atoms with van der Waals surface area (Å²) in [5.41, 5.74) is 1.93. The number of benzene rings is 2. The Balaban J connectivity index is 0.000000240. The van der Waals surface area contributed by atoms with Crippen molar-refractivity contribution in [2.45, 2.75) is 0 Å². The second-order valence-corrected chi connectivity index (χ2v) is 3.85. The summed E-state index contributed by atoms with van der Waals surface area (Å²) in [5, 5.41) is 0. The number of rotatable bonds is 4. The third-order valence-electron chi connectivity index (χ3n) is 2.40. The SMILES string of the molecule is O=C=Nc1ccc(N=C=O)cc1.O=C=Nc1ccc(N=C=O)cc1. The van der Waals surface area contributed by atoms with Gasteiger partial charge in [0.2, 0.25) is 24.3 Å². The number of aliphatic imine (C=N–C) groups is 4. The van der Waals surface area contributed by atoms with Gasteiger partial charge in [-0.25, -0.2) is 19.2 Å². The molecule has 2 aromatic rings. The molecule has 2 rings (SSSR count). The van der Waals surface area contributed by atoms with Gasteiger partial charge >= 0.3 is 0 Å². The first-order valence-electron chi connectivity index (χ1n) is 6.25. The maximum Gasteiger partial charge on any atom is 0.240 e. The van der Waals surface area contributed by atoms with Crippen molar-refractivity contribution in [3.63, 3.8) is 0 Å². The predicted molar refractivity (Wildman–Crippen MR) is 84.0 cm³/mol. The van der Waals surface area contributed by atoms with Crippen molar-refractivity contribution in [2.75, 3.05) is 0 Å². The highest BCUT2D eigenvalue weighted by atomic mass is 16.1. The molecular formula is C16H8N4O4. The Labute approximate surface area is 135 Å².